The number of rotatable bonds is 7. The van der Waals surface area contributed by atoms with Crippen LogP contribution in [0.5, 0.6) is 5.75 Å². The van der Waals surface area contributed by atoms with Crippen molar-refractivity contribution < 1.29 is 9.53 Å². The van der Waals surface area contributed by atoms with Crippen molar-refractivity contribution in [3.8, 4) is 5.75 Å². The van der Waals surface area contributed by atoms with Crippen molar-refractivity contribution in [1.29, 1.82) is 0 Å². The van der Waals surface area contributed by atoms with E-state index in [0.29, 0.717) is 15.9 Å². The Kier molecular flexibility index (Phi) is 6.93. The quantitative estimate of drug-likeness (QED) is 0.393. The van der Waals surface area contributed by atoms with E-state index in [0.717, 1.165) is 15.7 Å². The summed E-state index contributed by atoms with van der Waals surface area (Å²) >= 11 is 8.96. The highest BCUT2D eigenvalue weighted by Gasteiger charge is 2.17. The van der Waals surface area contributed by atoms with Crippen molar-refractivity contribution in [2.45, 2.75) is 37.0 Å². The van der Waals surface area contributed by atoms with Gasteiger partial charge in [0.05, 0.1) is 0 Å². The normalized spacial score (nSPS) is 11.9. The third-order valence-electron chi connectivity index (χ3n) is 4.06. The van der Waals surface area contributed by atoms with Crippen LogP contribution in [0.3, 0.4) is 0 Å². The Morgan fingerprint density at radius 2 is 2.00 bits per heavy atom. The Bertz CT molecular complexity index is 978. The van der Waals surface area contributed by atoms with Crippen LogP contribution in [0.2, 0.25) is 5.02 Å². The van der Waals surface area contributed by atoms with Gasteiger partial charge in [0.1, 0.15) is 5.75 Å². The van der Waals surface area contributed by atoms with E-state index in [2.05, 4.69) is 34.6 Å². The fourth-order valence-corrected chi connectivity index (χ4v) is 4.33. The van der Waals surface area contributed by atoms with Gasteiger partial charge in [-0.3, -0.25) is 10.1 Å². The third-order valence-corrected chi connectivity index (χ3v) is 6.51. The standard InChI is InChI=1S/C20H20ClN3O2S2/c1-12-6-4-5-7-15(12)11-27-20-24-23-19(28-20)22-18(25)14(3)26-16-8-9-17(21)13(2)10-16/h4-10,14H,11H2,1-3H3,(H,22,23,25). The van der Waals surface area contributed by atoms with Gasteiger partial charge in [-0.2, -0.15) is 0 Å². The molecule has 1 heterocycles. The van der Waals surface area contributed by atoms with E-state index in [1.807, 2.05) is 19.1 Å². The summed E-state index contributed by atoms with van der Waals surface area (Å²) in [5.74, 6) is 1.13. The van der Waals surface area contributed by atoms with Crippen LogP contribution in [0.25, 0.3) is 0 Å². The molecule has 28 heavy (non-hydrogen) atoms. The number of benzene rings is 2. The Balaban J connectivity index is 1.54. The number of thioether (sulfide) groups is 1. The van der Waals surface area contributed by atoms with Gasteiger partial charge in [0.2, 0.25) is 5.13 Å². The molecule has 0 saturated carbocycles. The molecular weight excluding hydrogens is 414 g/mol. The highest BCUT2D eigenvalue weighted by Crippen LogP contribution is 2.29. The van der Waals surface area contributed by atoms with Gasteiger partial charge < -0.3 is 4.74 Å². The zero-order chi connectivity index (χ0) is 20.1. The third kappa shape index (κ3) is 5.47. The largest absolute Gasteiger partial charge is 0.481 e. The summed E-state index contributed by atoms with van der Waals surface area (Å²) < 4.78 is 6.50. The van der Waals surface area contributed by atoms with Crippen LogP contribution in [-0.4, -0.2) is 22.2 Å². The smallest absolute Gasteiger partial charge is 0.266 e. The van der Waals surface area contributed by atoms with E-state index in [4.69, 9.17) is 16.3 Å². The average molecular weight is 434 g/mol. The number of aromatic nitrogens is 2. The summed E-state index contributed by atoms with van der Waals surface area (Å²) in [6.07, 6.45) is -0.674. The number of amides is 1. The highest BCUT2D eigenvalue weighted by atomic mass is 35.5. The predicted octanol–water partition coefficient (Wildman–Crippen LogP) is 5.51. The van der Waals surface area contributed by atoms with Gasteiger partial charge in [-0.1, -0.05) is 59.0 Å². The molecule has 0 bridgehead atoms. The number of hydrogen-bond acceptors (Lipinski definition) is 6. The minimum absolute atomic E-state index is 0.279. The minimum atomic E-state index is -0.674. The maximum absolute atomic E-state index is 12.4. The fraction of sp³-hybridized carbons (Fsp3) is 0.250. The Labute approximate surface area is 177 Å². The molecule has 0 aliphatic heterocycles. The minimum Gasteiger partial charge on any atom is -0.481 e. The van der Waals surface area contributed by atoms with E-state index in [1.54, 1.807) is 36.9 Å². The first kappa shape index (κ1) is 20.6. The van der Waals surface area contributed by atoms with E-state index >= 15 is 0 Å². The van der Waals surface area contributed by atoms with Crippen molar-refractivity contribution in [2.24, 2.45) is 0 Å². The van der Waals surface area contributed by atoms with E-state index in [1.165, 1.54) is 22.5 Å². The van der Waals surface area contributed by atoms with Gasteiger partial charge in [0.15, 0.2) is 10.4 Å². The molecule has 146 valence electrons. The molecule has 3 aromatic rings. The van der Waals surface area contributed by atoms with Gasteiger partial charge in [-0.25, -0.2) is 0 Å². The lowest BCUT2D eigenvalue weighted by Gasteiger charge is -2.14. The van der Waals surface area contributed by atoms with Crippen LogP contribution >= 0.6 is 34.7 Å². The summed E-state index contributed by atoms with van der Waals surface area (Å²) in [7, 11) is 0. The van der Waals surface area contributed by atoms with E-state index in [9.17, 15) is 4.79 Å². The van der Waals surface area contributed by atoms with Crippen LogP contribution in [0, 0.1) is 13.8 Å². The van der Waals surface area contributed by atoms with Crippen molar-refractivity contribution in [1.82, 2.24) is 10.2 Å². The summed E-state index contributed by atoms with van der Waals surface area (Å²) in [4.78, 5) is 12.4. The zero-order valence-corrected chi connectivity index (χ0v) is 18.1. The second-order valence-corrected chi connectivity index (χ2v) is 8.86. The first-order chi connectivity index (χ1) is 13.4. The van der Waals surface area contributed by atoms with Crippen molar-refractivity contribution in [3.05, 3.63) is 64.2 Å². The molecule has 0 saturated heterocycles. The molecule has 0 radical (unpaired) electrons. The van der Waals surface area contributed by atoms with Crippen LogP contribution < -0.4 is 10.1 Å². The lowest BCUT2D eigenvalue weighted by atomic mass is 10.1. The molecule has 0 aliphatic carbocycles. The second-order valence-electron chi connectivity index (χ2n) is 6.25. The number of anilines is 1. The number of carbonyl (C=O) groups excluding carboxylic acids is 1. The van der Waals surface area contributed by atoms with Gasteiger partial charge >= 0.3 is 0 Å². The topological polar surface area (TPSA) is 64.1 Å². The Hall–Kier alpha value is -2.09. The van der Waals surface area contributed by atoms with Crippen LogP contribution in [0.4, 0.5) is 5.13 Å². The molecule has 1 unspecified atom stereocenters. The van der Waals surface area contributed by atoms with Gasteiger partial charge in [0, 0.05) is 10.8 Å². The van der Waals surface area contributed by atoms with Gasteiger partial charge in [0.25, 0.3) is 5.91 Å². The molecule has 5 nitrogen and oxygen atoms in total. The molecule has 1 aromatic heterocycles. The summed E-state index contributed by atoms with van der Waals surface area (Å²) in [5, 5.41) is 12.1. The van der Waals surface area contributed by atoms with Gasteiger partial charge in [-0.15, -0.1) is 10.2 Å². The highest BCUT2D eigenvalue weighted by molar-refractivity contribution is 8.00. The van der Waals surface area contributed by atoms with Crippen molar-refractivity contribution in [2.75, 3.05) is 5.32 Å². The number of nitrogens with zero attached hydrogens (tertiary/aromatic N) is 2. The average Bonchev–Trinajstić information content (AvgIpc) is 3.11. The molecule has 2 aromatic carbocycles. The van der Waals surface area contributed by atoms with Crippen LogP contribution in [0.1, 0.15) is 23.6 Å². The molecule has 1 N–H and O–H groups in total. The first-order valence-electron chi connectivity index (χ1n) is 8.67. The molecule has 8 heteroatoms. The predicted molar refractivity (Wildman–Crippen MR) is 116 cm³/mol. The lowest BCUT2D eigenvalue weighted by Crippen LogP contribution is -2.30. The van der Waals surface area contributed by atoms with Crippen molar-refractivity contribution >= 4 is 45.7 Å². The molecule has 3 rings (SSSR count). The summed E-state index contributed by atoms with van der Waals surface area (Å²) in [6.45, 7) is 5.66. The van der Waals surface area contributed by atoms with Crippen LogP contribution in [0.15, 0.2) is 46.8 Å². The number of carbonyl (C=O) groups is 1. The maximum Gasteiger partial charge on any atom is 0.266 e. The first-order valence-corrected chi connectivity index (χ1v) is 10.8. The lowest BCUT2D eigenvalue weighted by molar-refractivity contribution is -0.122. The number of ether oxygens (including phenoxy) is 1. The SMILES string of the molecule is Cc1cc(OC(C)C(=O)Nc2nnc(SCc3ccccc3C)s2)ccc1Cl. The Morgan fingerprint density at radius 3 is 2.75 bits per heavy atom. The van der Waals surface area contributed by atoms with E-state index < -0.39 is 6.10 Å². The molecular formula is C20H20ClN3O2S2. The maximum atomic E-state index is 12.4. The van der Waals surface area contributed by atoms with Gasteiger partial charge in [-0.05, 0) is 55.7 Å². The van der Waals surface area contributed by atoms with Crippen molar-refractivity contribution in [3.63, 3.8) is 0 Å². The molecule has 0 spiro atoms. The molecule has 0 fully saturated rings. The van der Waals surface area contributed by atoms with Crippen LogP contribution in [-0.2, 0) is 10.5 Å². The number of aryl methyl sites for hydroxylation is 2. The second kappa shape index (κ2) is 9.41. The molecule has 1 atom stereocenters. The van der Waals surface area contributed by atoms with E-state index in [-0.39, 0.29) is 5.91 Å². The number of halogens is 1. The molecule has 0 aliphatic rings. The fourth-order valence-electron chi connectivity index (χ4n) is 2.39. The number of nitrogens with one attached hydrogen (secondary N) is 1. The number of hydrogen-bond donors (Lipinski definition) is 1. The summed E-state index contributed by atoms with van der Waals surface area (Å²) in [6, 6.07) is 13.5. The Morgan fingerprint density at radius 1 is 1.21 bits per heavy atom. The zero-order valence-electron chi connectivity index (χ0n) is 15.7. The summed E-state index contributed by atoms with van der Waals surface area (Å²) in [5.41, 5.74) is 3.40. The monoisotopic (exact) mass is 433 g/mol. The molecule has 1 amide bonds.